The van der Waals surface area contributed by atoms with Gasteiger partial charge in [0.15, 0.2) is 5.78 Å². The summed E-state index contributed by atoms with van der Waals surface area (Å²) < 4.78 is 0. The van der Waals surface area contributed by atoms with Crippen LogP contribution in [0.1, 0.15) is 64.2 Å². The highest BCUT2D eigenvalue weighted by molar-refractivity contribution is 6.04. The summed E-state index contributed by atoms with van der Waals surface area (Å²) in [6.07, 6.45) is 16.2. The van der Waals surface area contributed by atoms with Gasteiger partial charge in [0.05, 0.1) is 0 Å². The van der Waals surface area contributed by atoms with E-state index in [1.54, 1.807) is 0 Å². The van der Waals surface area contributed by atoms with Crippen LogP contribution in [0.25, 0.3) is 0 Å². The molecule has 0 unspecified atom stereocenters. The normalized spacial score (nSPS) is 22.2. The van der Waals surface area contributed by atoms with E-state index in [0.29, 0.717) is 5.78 Å². The monoisotopic (exact) mass is 218 g/mol. The summed E-state index contributed by atoms with van der Waals surface area (Å²) in [5.74, 6) is 0.304. The fourth-order valence-corrected chi connectivity index (χ4v) is 2.67. The number of ketones is 1. The van der Waals surface area contributed by atoms with E-state index in [9.17, 15) is 4.79 Å². The maximum Gasteiger partial charge on any atom is 0.181 e. The van der Waals surface area contributed by atoms with Crippen molar-refractivity contribution in [2.24, 2.45) is 0 Å². The minimum absolute atomic E-state index is 0.304. The third-order valence-electron chi connectivity index (χ3n) is 3.69. The van der Waals surface area contributed by atoms with E-state index in [0.717, 1.165) is 31.3 Å². The van der Waals surface area contributed by atoms with Gasteiger partial charge in [0.2, 0.25) is 0 Å². The van der Waals surface area contributed by atoms with E-state index in [2.05, 4.69) is 6.08 Å². The summed E-state index contributed by atoms with van der Waals surface area (Å²) in [5.41, 5.74) is 2.47. The molecule has 2 aliphatic carbocycles. The summed E-state index contributed by atoms with van der Waals surface area (Å²) in [4.78, 5) is 12.1. The second kappa shape index (κ2) is 6.03. The number of allylic oxidation sites excluding steroid dienone is 4. The van der Waals surface area contributed by atoms with Crippen LogP contribution in [0.5, 0.6) is 0 Å². The molecule has 0 aromatic heterocycles. The Hall–Kier alpha value is -0.850. The molecular weight excluding hydrogens is 196 g/mol. The SMILES string of the molecule is O=C(C=C1CCCCC1)C1=CCCCCC1. The Balaban J connectivity index is 1.97. The Labute approximate surface area is 98.6 Å². The van der Waals surface area contributed by atoms with Gasteiger partial charge in [-0.25, -0.2) is 0 Å². The molecule has 0 aliphatic heterocycles. The second-order valence-electron chi connectivity index (χ2n) is 5.06. The van der Waals surface area contributed by atoms with Crippen molar-refractivity contribution in [3.63, 3.8) is 0 Å². The summed E-state index contributed by atoms with van der Waals surface area (Å²) in [5, 5.41) is 0. The quantitative estimate of drug-likeness (QED) is 0.630. The van der Waals surface area contributed by atoms with E-state index in [-0.39, 0.29) is 0 Å². The van der Waals surface area contributed by atoms with Gasteiger partial charge in [-0.2, -0.15) is 0 Å². The molecule has 2 rings (SSSR count). The summed E-state index contributed by atoms with van der Waals surface area (Å²) >= 11 is 0. The molecule has 1 nitrogen and oxygen atoms in total. The molecule has 1 saturated carbocycles. The molecule has 1 fully saturated rings. The smallest absolute Gasteiger partial charge is 0.181 e. The lowest BCUT2D eigenvalue weighted by molar-refractivity contribution is -0.111. The van der Waals surface area contributed by atoms with E-state index in [1.807, 2.05) is 6.08 Å². The molecule has 0 N–H and O–H groups in total. The molecule has 0 atom stereocenters. The van der Waals surface area contributed by atoms with Gasteiger partial charge in [0.25, 0.3) is 0 Å². The van der Waals surface area contributed by atoms with Crippen molar-refractivity contribution >= 4 is 5.78 Å². The zero-order valence-corrected chi connectivity index (χ0v) is 10.1. The molecule has 16 heavy (non-hydrogen) atoms. The van der Waals surface area contributed by atoms with Crippen molar-refractivity contribution in [2.75, 3.05) is 0 Å². The first kappa shape index (κ1) is 11.6. The Morgan fingerprint density at radius 2 is 1.62 bits per heavy atom. The molecule has 0 aromatic carbocycles. The zero-order chi connectivity index (χ0) is 11.2. The molecule has 0 amide bonds. The lowest BCUT2D eigenvalue weighted by Gasteiger charge is -2.13. The number of carbonyl (C=O) groups is 1. The average molecular weight is 218 g/mol. The van der Waals surface area contributed by atoms with Crippen LogP contribution in [-0.4, -0.2) is 5.78 Å². The van der Waals surface area contributed by atoms with Crippen molar-refractivity contribution < 1.29 is 4.79 Å². The molecule has 88 valence electrons. The number of carbonyl (C=O) groups excluding carboxylic acids is 1. The number of hydrogen-bond acceptors (Lipinski definition) is 1. The topological polar surface area (TPSA) is 17.1 Å². The number of rotatable bonds is 2. The fraction of sp³-hybridized carbons (Fsp3) is 0.667. The number of hydrogen-bond donors (Lipinski definition) is 0. The van der Waals surface area contributed by atoms with Crippen molar-refractivity contribution in [2.45, 2.75) is 64.2 Å². The third kappa shape index (κ3) is 3.33. The second-order valence-corrected chi connectivity index (χ2v) is 5.06. The van der Waals surface area contributed by atoms with Gasteiger partial charge in [-0.3, -0.25) is 4.79 Å². The van der Waals surface area contributed by atoms with Crippen LogP contribution in [0.2, 0.25) is 0 Å². The summed E-state index contributed by atoms with van der Waals surface area (Å²) in [6.45, 7) is 0. The van der Waals surface area contributed by atoms with Crippen LogP contribution in [0.3, 0.4) is 0 Å². The highest BCUT2D eigenvalue weighted by Crippen LogP contribution is 2.24. The zero-order valence-electron chi connectivity index (χ0n) is 10.1. The van der Waals surface area contributed by atoms with Crippen molar-refractivity contribution in [1.82, 2.24) is 0 Å². The highest BCUT2D eigenvalue weighted by Gasteiger charge is 2.12. The molecule has 0 heterocycles. The van der Waals surface area contributed by atoms with Crippen molar-refractivity contribution in [3.05, 3.63) is 23.3 Å². The largest absolute Gasteiger partial charge is 0.290 e. The molecule has 2 aliphatic rings. The van der Waals surface area contributed by atoms with Gasteiger partial charge in [-0.15, -0.1) is 0 Å². The van der Waals surface area contributed by atoms with Gasteiger partial charge >= 0.3 is 0 Å². The molecule has 0 spiro atoms. The first-order valence-electron chi connectivity index (χ1n) is 6.79. The Morgan fingerprint density at radius 1 is 0.938 bits per heavy atom. The predicted octanol–water partition coefficient (Wildman–Crippen LogP) is 4.34. The van der Waals surface area contributed by atoms with Crippen LogP contribution in [0.4, 0.5) is 0 Å². The lowest BCUT2D eigenvalue weighted by atomic mass is 9.92. The maximum absolute atomic E-state index is 12.1. The molecule has 0 aromatic rings. The first-order valence-corrected chi connectivity index (χ1v) is 6.79. The van der Waals surface area contributed by atoms with E-state index in [1.165, 1.54) is 44.1 Å². The van der Waals surface area contributed by atoms with Gasteiger partial charge in [-0.1, -0.05) is 24.5 Å². The Bertz CT molecular complexity index is 301. The Morgan fingerprint density at radius 3 is 2.44 bits per heavy atom. The molecule has 0 saturated heterocycles. The standard InChI is InChI=1S/C15H22O/c16-15(12-13-8-4-3-5-9-13)14-10-6-1-2-7-11-14/h10,12H,1-9,11H2. The van der Waals surface area contributed by atoms with E-state index < -0.39 is 0 Å². The Kier molecular flexibility index (Phi) is 4.38. The summed E-state index contributed by atoms with van der Waals surface area (Å²) in [7, 11) is 0. The van der Waals surface area contributed by atoms with Crippen LogP contribution in [-0.2, 0) is 4.79 Å². The highest BCUT2D eigenvalue weighted by atomic mass is 16.1. The summed E-state index contributed by atoms with van der Waals surface area (Å²) in [6, 6.07) is 0. The van der Waals surface area contributed by atoms with Crippen LogP contribution in [0.15, 0.2) is 23.3 Å². The third-order valence-corrected chi connectivity index (χ3v) is 3.69. The molecule has 0 radical (unpaired) electrons. The van der Waals surface area contributed by atoms with Crippen molar-refractivity contribution in [3.8, 4) is 0 Å². The average Bonchev–Trinajstić information content (AvgIpc) is 2.59. The van der Waals surface area contributed by atoms with E-state index in [4.69, 9.17) is 0 Å². The lowest BCUT2D eigenvalue weighted by Crippen LogP contribution is -2.02. The predicted molar refractivity (Wildman–Crippen MR) is 67.3 cm³/mol. The molecule has 1 heteroatoms. The fourth-order valence-electron chi connectivity index (χ4n) is 2.67. The van der Waals surface area contributed by atoms with Gasteiger partial charge < -0.3 is 0 Å². The first-order chi connectivity index (χ1) is 7.86. The van der Waals surface area contributed by atoms with E-state index >= 15 is 0 Å². The van der Waals surface area contributed by atoms with Crippen molar-refractivity contribution in [1.29, 1.82) is 0 Å². The maximum atomic E-state index is 12.1. The van der Waals surface area contributed by atoms with Gasteiger partial charge in [-0.05, 0) is 63.0 Å². The van der Waals surface area contributed by atoms with Crippen LogP contribution < -0.4 is 0 Å². The molecular formula is C15H22O. The van der Waals surface area contributed by atoms with Crippen LogP contribution >= 0.6 is 0 Å². The van der Waals surface area contributed by atoms with Gasteiger partial charge in [0.1, 0.15) is 0 Å². The van der Waals surface area contributed by atoms with Crippen LogP contribution in [0, 0.1) is 0 Å². The minimum atomic E-state index is 0.304. The molecule has 0 bridgehead atoms. The van der Waals surface area contributed by atoms with Gasteiger partial charge in [0, 0.05) is 0 Å². The minimum Gasteiger partial charge on any atom is -0.290 e.